The second-order valence-electron chi connectivity index (χ2n) is 6.89. The van der Waals surface area contributed by atoms with Crippen molar-refractivity contribution in [1.82, 2.24) is 14.8 Å². The molecule has 0 atom stereocenters. The van der Waals surface area contributed by atoms with Crippen LogP contribution in [0.2, 0.25) is 0 Å². The standard InChI is InChI=1S/C21H26N4O/c1-16(24-11-13-26-14-12-24)7-8-21(22-2)25-10-9-20-18(15-25)17-5-3-4-6-19(17)23-20/h3-8,23H,2,9-15H2,1H3/b16-7+,21-8+. The Bertz CT molecular complexity index is 858. The van der Waals surface area contributed by atoms with Crippen LogP contribution >= 0.6 is 0 Å². The van der Waals surface area contributed by atoms with E-state index in [1.54, 1.807) is 0 Å². The summed E-state index contributed by atoms with van der Waals surface area (Å²) in [5.41, 5.74) is 5.21. The van der Waals surface area contributed by atoms with Crippen molar-refractivity contribution in [3.63, 3.8) is 0 Å². The van der Waals surface area contributed by atoms with Crippen LogP contribution in [0.3, 0.4) is 0 Å². The maximum atomic E-state index is 5.43. The fourth-order valence-corrected chi connectivity index (χ4v) is 3.84. The summed E-state index contributed by atoms with van der Waals surface area (Å²) >= 11 is 0. The smallest absolute Gasteiger partial charge is 0.128 e. The lowest BCUT2D eigenvalue weighted by Gasteiger charge is -2.30. The Balaban J connectivity index is 1.55. The molecule has 2 aromatic rings. The molecule has 0 unspecified atom stereocenters. The van der Waals surface area contributed by atoms with Crippen molar-refractivity contribution in [3.8, 4) is 0 Å². The van der Waals surface area contributed by atoms with Crippen molar-refractivity contribution >= 4 is 17.6 Å². The van der Waals surface area contributed by atoms with Gasteiger partial charge in [0.1, 0.15) is 5.82 Å². The van der Waals surface area contributed by atoms with E-state index in [0.29, 0.717) is 0 Å². The Morgan fingerprint density at radius 2 is 1.96 bits per heavy atom. The fraction of sp³-hybridized carbons (Fsp3) is 0.381. The number of aromatic amines is 1. The van der Waals surface area contributed by atoms with Gasteiger partial charge < -0.3 is 19.5 Å². The average Bonchev–Trinajstić information content (AvgIpc) is 3.07. The van der Waals surface area contributed by atoms with Gasteiger partial charge in [0.05, 0.1) is 13.2 Å². The van der Waals surface area contributed by atoms with E-state index < -0.39 is 0 Å². The van der Waals surface area contributed by atoms with Gasteiger partial charge in [-0.25, -0.2) is 4.99 Å². The number of fused-ring (bicyclic) bond motifs is 3. The quantitative estimate of drug-likeness (QED) is 0.680. The van der Waals surface area contributed by atoms with E-state index >= 15 is 0 Å². The van der Waals surface area contributed by atoms with Crippen LogP contribution in [0.5, 0.6) is 0 Å². The number of nitrogens with zero attached hydrogens (tertiary/aromatic N) is 3. The molecule has 5 nitrogen and oxygen atoms in total. The molecule has 0 saturated carbocycles. The molecule has 0 bridgehead atoms. The molecule has 5 heteroatoms. The third-order valence-corrected chi connectivity index (χ3v) is 5.35. The second-order valence-corrected chi connectivity index (χ2v) is 6.89. The molecule has 0 spiro atoms. The topological polar surface area (TPSA) is 43.9 Å². The van der Waals surface area contributed by atoms with E-state index in [9.17, 15) is 0 Å². The Hall–Kier alpha value is -2.53. The van der Waals surface area contributed by atoms with Gasteiger partial charge in [-0.2, -0.15) is 0 Å². The zero-order valence-corrected chi connectivity index (χ0v) is 15.4. The Morgan fingerprint density at radius 3 is 2.77 bits per heavy atom. The molecule has 1 saturated heterocycles. The highest BCUT2D eigenvalue weighted by Gasteiger charge is 2.21. The summed E-state index contributed by atoms with van der Waals surface area (Å²) in [6.45, 7) is 11.3. The third-order valence-electron chi connectivity index (χ3n) is 5.35. The maximum absolute atomic E-state index is 5.43. The summed E-state index contributed by atoms with van der Waals surface area (Å²) in [4.78, 5) is 12.5. The van der Waals surface area contributed by atoms with Crippen LogP contribution in [0, 0.1) is 0 Å². The van der Waals surface area contributed by atoms with Crippen LogP contribution in [0.15, 0.2) is 52.9 Å². The highest BCUT2D eigenvalue weighted by atomic mass is 16.5. The van der Waals surface area contributed by atoms with Gasteiger partial charge in [0.15, 0.2) is 0 Å². The lowest BCUT2D eigenvalue weighted by atomic mass is 10.0. The van der Waals surface area contributed by atoms with Crippen LogP contribution < -0.4 is 0 Å². The number of hydrogen-bond acceptors (Lipinski definition) is 4. The van der Waals surface area contributed by atoms with E-state index in [1.807, 2.05) is 0 Å². The van der Waals surface area contributed by atoms with Gasteiger partial charge in [-0.3, -0.25) is 0 Å². The molecule has 136 valence electrons. The number of nitrogens with one attached hydrogen (secondary N) is 1. The van der Waals surface area contributed by atoms with Crippen molar-refractivity contribution in [1.29, 1.82) is 0 Å². The molecule has 1 N–H and O–H groups in total. The highest BCUT2D eigenvalue weighted by molar-refractivity contribution is 5.84. The number of morpholine rings is 1. The summed E-state index contributed by atoms with van der Waals surface area (Å²) in [6.07, 6.45) is 5.25. The first-order chi connectivity index (χ1) is 12.8. The first-order valence-electron chi connectivity index (χ1n) is 9.27. The number of rotatable bonds is 4. The predicted octanol–water partition coefficient (Wildman–Crippen LogP) is 3.30. The third kappa shape index (κ3) is 3.27. The molecule has 3 heterocycles. The average molecular weight is 350 g/mol. The summed E-state index contributed by atoms with van der Waals surface area (Å²) in [6, 6.07) is 8.53. The zero-order chi connectivity index (χ0) is 17.9. The number of para-hydroxylation sites is 1. The minimum absolute atomic E-state index is 0.803. The minimum Gasteiger partial charge on any atom is -0.378 e. The van der Waals surface area contributed by atoms with Gasteiger partial charge in [0.25, 0.3) is 0 Å². The van der Waals surface area contributed by atoms with E-state index in [1.165, 1.54) is 27.9 Å². The number of H-pyrrole nitrogens is 1. The van der Waals surface area contributed by atoms with E-state index in [0.717, 1.165) is 51.6 Å². The maximum Gasteiger partial charge on any atom is 0.128 e. The van der Waals surface area contributed by atoms with Gasteiger partial charge in [-0.15, -0.1) is 0 Å². The molecule has 2 aliphatic rings. The number of aliphatic imine (C=N–C) groups is 1. The van der Waals surface area contributed by atoms with Crippen molar-refractivity contribution in [2.45, 2.75) is 19.9 Å². The summed E-state index contributed by atoms with van der Waals surface area (Å²) in [5, 5.41) is 1.32. The van der Waals surface area contributed by atoms with Crippen LogP contribution in [0.25, 0.3) is 10.9 Å². The summed E-state index contributed by atoms with van der Waals surface area (Å²) in [7, 11) is 0. The number of aromatic nitrogens is 1. The van der Waals surface area contributed by atoms with Crippen molar-refractivity contribution in [3.05, 3.63) is 59.2 Å². The van der Waals surface area contributed by atoms with E-state index in [4.69, 9.17) is 4.74 Å². The Morgan fingerprint density at radius 1 is 1.15 bits per heavy atom. The monoisotopic (exact) mass is 350 g/mol. The molecule has 2 aliphatic heterocycles. The normalized spacial score (nSPS) is 19.0. The van der Waals surface area contributed by atoms with Crippen LogP contribution in [0.1, 0.15) is 18.2 Å². The van der Waals surface area contributed by atoms with Gasteiger partial charge in [-0.05, 0) is 31.9 Å². The fourth-order valence-electron chi connectivity index (χ4n) is 3.84. The van der Waals surface area contributed by atoms with Crippen LogP contribution in [-0.2, 0) is 17.7 Å². The predicted molar refractivity (Wildman–Crippen MR) is 106 cm³/mol. The summed E-state index contributed by atoms with van der Waals surface area (Å²) in [5.74, 6) is 0.938. The molecular weight excluding hydrogens is 324 g/mol. The zero-order valence-electron chi connectivity index (χ0n) is 15.4. The molecule has 0 aliphatic carbocycles. The number of hydrogen-bond donors (Lipinski definition) is 1. The van der Waals surface area contributed by atoms with Gasteiger partial charge in [0, 0.05) is 60.5 Å². The molecule has 0 radical (unpaired) electrons. The Kier molecular flexibility index (Phi) is 4.80. The van der Waals surface area contributed by atoms with Gasteiger partial charge in [-0.1, -0.05) is 18.2 Å². The largest absolute Gasteiger partial charge is 0.378 e. The number of benzene rings is 1. The molecule has 26 heavy (non-hydrogen) atoms. The van der Waals surface area contributed by atoms with Crippen LogP contribution in [0.4, 0.5) is 0 Å². The van der Waals surface area contributed by atoms with Crippen molar-refractivity contribution in [2.75, 3.05) is 32.8 Å². The SMILES string of the molecule is C=N/C(=C\C=C(/C)N1CCOCC1)N1CCc2[nH]c3ccccc3c2C1. The number of ether oxygens (including phenoxy) is 1. The first kappa shape index (κ1) is 16.9. The molecule has 1 aromatic heterocycles. The highest BCUT2D eigenvalue weighted by Crippen LogP contribution is 2.29. The van der Waals surface area contributed by atoms with Crippen LogP contribution in [-0.4, -0.2) is 54.3 Å². The van der Waals surface area contributed by atoms with E-state index in [2.05, 4.69) is 69.8 Å². The Labute approximate surface area is 154 Å². The second kappa shape index (κ2) is 7.38. The summed E-state index contributed by atoms with van der Waals surface area (Å²) < 4.78 is 5.43. The van der Waals surface area contributed by atoms with Crippen molar-refractivity contribution < 1.29 is 4.74 Å². The molecule has 4 rings (SSSR count). The van der Waals surface area contributed by atoms with Crippen molar-refractivity contribution in [2.24, 2.45) is 4.99 Å². The lowest BCUT2D eigenvalue weighted by molar-refractivity contribution is 0.0537. The molecular formula is C21H26N4O. The van der Waals surface area contributed by atoms with Gasteiger partial charge >= 0.3 is 0 Å². The van der Waals surface area contributed by atoms with Gasteiger partial charge in [0.2, 0.25) is 0 Å². The van der Waals surface area contributed by atoms with E-state index in [-0.39, 0.29) is 0 Å². The number of allylic oxidation sites excluding steroid dienone is 3. The molecule has 1 aromatic carbocycles. The molecule has 0 amide bonds. The lowest BCUT2D eigenvalue weighted by Crippen LogP contribution is -2.34. The molecule has 1 fully saturated rings. The first-order valence-corrected chi connectivity index (χ1v) is 9.27. The minimum atomic E-state index is 0.803.